The van der Waals surface area contributed by atoms with Crippen LogP contribution in [0.4, 0.5) is 24.5 Å². The van der Waals surface area contributed by atoms with Gasteiger partial charge in [-0.25, -0.2) is 0 Å². The number of alkyl halides is 3. The van der Waals surface area contributed by atoms with Crippen molar-refractivity contribution in [3.8, 4) is 0 Å². The maximum absolute atomic E-state index is 12.7. The zero-order valence-electron chi connectivity index (χ0n) is 12.9. The Morgan fingerprint density at radius 1 is 1.29 bits per heavy atom. The van der Waals surface area contributed by atoms with Crippen LogP contribution in [-0.2, 0) is 15.7 Å². The number of halogens is 3. The first-order valence-electron chi connectivity index (χ1n) is 7.11. The number of nitro benzene ring substituents is 1. The van der Waals surface area contributed by atoms with Crippen LogP contribution in [0.15, 0.2) is 18.2 Å². The van der Waals surface area contributed by atoms with E-state index >= 15 is 0 Å². The van der Waals surface area contributed by atoms with E-state index in [0.29, 0.717) is 32.2 Å². The largest absolute Gasteiger partial charge is 0.416 e. The van der Waals surface area contributed by atoms with Gasteiger partial charge in [0.25, 0.3) is 5.69 Å². The van der Waals surface area contributed by atoms with E-state index in [1.54, 1.807) is 9.80 Å². The minimum absolute atomic E-state index is 0.0551. The number of methoxy groups -OCH3 is 1. The van der Waals surface area contributed by atoms with Gasteiger partial charge in [-0.05, 0) is 12.1 Å². The molecule has 1 amide bonds. The molecule has 1 heterocycles. The van der Waals surface area contributed by atoms with Crippen LogP contribution < -0.4 is 4.90 Å². The Kier molecular flexibility index (Phi) is 5.27. The molecule has 0 unspecified atom stereocenters. The molecule has 0 aromatic heterocycles. The molecular formula is C14H16F3N3O4. The van der Waals surface area contributed by atoms with Crippen LogP contribution in [0.5, 0.6) is 0 Å². The normalized spacial score (nSPS) is 15.5. The van der Waals surface area contributed by atoms with Crippen LogP contribution in [0.3, 0.4) is 0 Å². The van der Waals surface area contributed by atoms with Gasteiger partial charge in [0.15, 0.2) is 0 Å². The molecule has 1 fully saturated rings. The van der Waals surface area contributed by atoms with E-state index in [9.17, 15) is 28.1 Å². The zero-order valence-corrected chi connectivity index (χ0v) is 12.9. The standard InChI is InChI=1S/C14H16F3N3O4/c1-24-9-13(21)19-6-4-18(5-7-19)11-3-2-10(14(15,16)17)8-12(11)20(22)23/h2-3,8H,4-7,9H2,1H3. The number of carbonyl (C=O) groups excluding carboxylic acids is 1. The molecule has 0 aliphatic carbocycles. The fourth-order valence-electron chi connectivity index (χ4n) is 2.52. The van der Waals surface area contributed by atoms with E-state index < -0.39 is 22.4 Å². The predicted octanol–water partition coefficient (Wildman–Crippen LogP) is 1.91. The monoisotopic (exact) mass is 347 g/mol. The Balaban J connectivity index is 2.18. The van der Waals surface area contributed by atoms with Crippen molar-refractivity contribution in [2.75, 3.05) is 44.8 Å². The Morgan fingerprint density at radius 2 is 1.92 bits per heavy atom. The number of nitro groups is 1. The van der Waals surface area contributed by atoms with Gasteiger partial charge in [-0.2, -0.15) is 13.2 Å². The molecule has 24 heavy (non-hydrogen) atoms. The van der Waals surface area contributed by atoms with Crippen molar-refractivity contribution in [1.29, 1.82) is 0 Å². The number of hydrogen-bond donors (Lipinski definition) is 0. The van der Waals surface area contributed by atoms with Gasteiger partial charge >= 0.3 is 6.18 Å². The average Bonchev–Trinajstić information content (AvgIpc) is 2.53. The van der Waals surface area contributed by atoms with E-state index in [4.69, 9.17) is 4.74 Å². The second-order valence-electron chi connectivity index (χ2n) is 5.26. The summed E-state index contributed by atoms with van der Waals surface area (Å²) in [5.74, 6) is -0.195. The van der Waals surface area contributed by atoms with Crippen LogP contribution >= 0.6 is 0 Å². The summed E-state index contributed by atoms with van der Waals surface area (Å²) in [5, 5.41) is 11.1. The topological polar surface area (TPSA) is 75.9 Å². The maximum Gasteiger partial charge on any atom is 0.416 e. The van der Waals surface area contributed by atoms with E-state index in [2.05, 4.69) is 0 Å². The highest BCUT2D eigenvalue weighted by Crippen LogP contribution is 2.36. The number of carbonyl (C=O) groups is 1. The second-order valence-corrected chi connectivity index (χ2v) is 5.26. The van der Waals surface area contributed by atoms with E-state index in [1.807, 2.05) is 0 Å². The third-order valence-electron chi connectivity index (χ3n) is 3.74. The molecule has 0 radical (unpaired) electrons. The smallest absolute Gasteiger partial charge is 0.375 e. The van der Waals surface area contributed by atoms with Crippen LogP contribution in [-0.4, -0.2) is 55.6 Å². The Morgan fingerprint density at radius 3 is 2.42 bits per heavy atom. The van der Waals surface area contributed by atoms with Gasteiger partial charge < -0.3 is 14.5 Å². The first-order valence-corrected chi connectivity index (χ1v) is 7.11. The Hall–Kier alpha value is -2.36. The first kappa shape index (κ1) is 18.0. The zero-order chi connectivity index (χ0) is 17.9. The van der Waals surface area contributed by atoms with Gasteiger partial charge in [0.1, 0.15) is 12.3 Å². The summed E-state index contributed by atoms with van der Waals surface area (Å²) in [6, 6.07) is 2.47. The molecule has 0 N–H and O–H groups in total. The molecule has 132 valence electrons. The number of nitrogens with zero attached hydrogens (tertiary/aromatic N) is 3. The third-order valence-corrected chi connectivity index (χ3v) is 3.74. The lowest BCUT2D eigenvalue weighted by atomic mass is 10.1. The molecule has 0 bridgehead atoms. The SMILES string of the molecule is COCC(=O)N1CCN(c2ccc(C(F)(F)F)cc2[N+](=O)[O-])CC1. The molecule has 0 atom stereocenters. The average molecular weight is 347 g/mol. The number of hydrogen-bond acceptors (Lipinski definition) is 5. The summed E-state index contributed by atoms with van der Waals surface area (Å²) in [5.41, 5.74) is -1.54. The lowest BCUT2D eigenvalue weighted by Crippen LogP contribution is -2.49. The summed E-state index contributed by atoms with van der Waals surface area (Å²) >= 11 is 0. The van der Waals surface area contributed by atoms with Crippen LogP contribution in [0.1, 0.15) is 5.56 Å². The molecule has 7 nitrogen and oxygen atoms in total. The van der Waals surface area contributed by atoms with Crippen molar-refractivity contribution >= 4 is 17.3 Å². The molecule has 1 aliphatic rings. The quantitative estimate of drug-likeness (QED) is 0.614. The van der Waals surface area contributed by atoms with E-state index in [0.717, 1.165) is 12.1 Å². The van der Waals surface area contributed by atoms with Crippen molar-refractivity contribution in [2.45, 2.75) is 6.18 Å². The molecule has 0 saturated carbocycles. The number of benzene rings is 1. The lowest BCUT2D eigenvalue weighted by molar-refractivity contribution is -0.384. The van der Waals surface area contributed by atoms with Crippen LogP contribution in [0.2, 0.25) is 0 Å². The molecule has 1 aromatic carbocycles. The third kappa shape index (κ3) is 3.94. The maximum atomic E-state index is 12.7. The van der Waals surface area contributed by atoms with Gasteiger partial charge in [-0.1, -0.05) is 0 Å². The lowest BCUT2D eigenvalue weighted by Gasteiger charge is -2.35. The van der Waals surface area contributed by atoms with Crippen molar-refractivity contribution in [2.24, 2.45) is 0 Å². The number of amides is 1. The Bertz CT molecular complexity index is 628. The highest BCUT2D eigenvalue weighted by atomic mass is 19.4. The highest BCUT2D eigenvalue weighted by Gasteiger charge is 2.34. The van der Waals surface area contributed by atoms with Crippen LogP contribution in [0, 0.1) is 10.1 Å². The minimum atomic E-state index is -4.64. The number of ether oxygens (including phenoxy) is 1. The molecule has 2 rings (SSSR count). The minimum Gasteiger partial charge on any atom is -0.375 e. The van der Waals surface area contributed by atoms with Crippen molar-refractivity contribution in [1.82, 2.24) is 4.90 Å². The fraction of sp³-hybridized carbons (Fsp3) is 0.500. The summed E-state index contributed by atoms with van der Waals surface area (Å²) in [7, 11) is 1.40. The van der Waals surface area contributed by atoms with Gasteiger partial charge in [0.2, 0.25) is 5.91 Å². The summed E-state index contributed by atoms with van der Waals surface area (Å²) in [4.78, 5) is 25.2. The van der Waals surface area contributed by atoms with Crippen LogP contribution in [0.25, 0.3) is 0 Å². The van der Waals surface area contributed by atoms with E-state index in [-0.39, 0.29) is 18.2 Å². The number of piperazine rings is 1. The summed E-state index contributed by atoms with van der Waals surface area (Å²) < 4.78 is 42.9. The molecular weight excluding hydrogens is 331 g/mol. The van der Waals surface area contributed by atoms with Gasteiger partial charge in [-0.15, -0.1) is 0 Å². The number of rotatable bonds is 4. The van der Waals surface area contributed by atoms with Gasteiger partial charge in [-0.3, -0.25) is 14.9 Å². The van der Waals surface area contributed by atoms with Gasteiger partial charge in [0, 0.05) is 39.4 Å². The highest BCUT2D eigenvalue weighted by molar-refractivity contribution is 5.78. The van der Waals surface area contributed by atoms with Gasteiger partial charge in [0.05, 0.1) is 10.5 Å². The van der Waals surface area contributed by atoms with Crippen molar-refractivity contribution in [3.05, 3.63) is 33.9 Å². The van der Waals surface area contributed by atoms with Crippen molar-refractivity contribution < 1.29 is 27.6 Å². The molecule has 1 saturated heterocycles. The first-order chi connectivity index (χ1) is 11.2. The van der Waals surface area contributed by atoms with Crippen molar-refractivity contribution in [3.63, 3.8) is 0 Å². The predicted molar refractivity (Wildman–Crippen MR) is 78.8 cm³/mol. The number of anilines is 1. The fourth-order valence-corrected chi connectivity index (χ4v) is 2.52. The molecule has 0 spiro atoms. The second kappa shape index (κ2) is 7.04. The Labute approximate surface area is 135 Å². The summed E-state index contributed by atoms with van der Waals surface area (Å²) in [6.07, 6.45) is -4.64. The van der Waals surface area contributed by atoms with E-state index in [1.165, 1.54) is 7.11 Å². The molecule has 1 aliphatic heterocycles. The molecule has 1 aromatic rings. The molecule has 10 heteroatoms. The summed E-state index contributed by atoms with van der Waals surface area (Å²) in [6.45, 7) is 1.17.